The number of hydrogen-bond acceptors (Lipinski definition) is 4. The molecule has 5 nitrogen and oxygen atoms in total. The van der Waals surface area contributed by atoms with Crippen LogP contribution in [0.2, 0.25) is 0 Å². The lowest BCUT2D eigenvalue weighted by Gasteiger charge is -2.14. The van der Waals surface area contributed by atoms with Crippen LogP contribution in [0.3, 0.4) is 0 Å². The zero-order valence-corrected chi connectivity index (χ0v) is 15.8. The molecule has 0 fully saturated rings. The summed E-state index contributed by atoms with van der Waals surface area (Å²) >= 11 is 6.90. The Hall–Kier alpha value is -1.73. The maximum Gasteiger partial charge on any atom is 0.272 e. The highest BCUT2D eigenvalue weighted by Crippen LogP contribution is 2.32. The highest BCUT2D eigenvalue weighted by molar-refractivity contribution is 9.11. The van der Waals surface area contributed by atoms with Crippen molar-refractivity contribution >= 4 is 44.0 Å². The fraction of sp³-hybridized carbons (Fsp3) is 0.188. The zero-order chi connectivity index (χ0) is 16.8. The molecule has 1 heterocycles. The maximum absolute atomic E-state index is 11.9. The van der Waals surface area contributed by atoms with Crippen LogP contribution >= 0.6 is 31.9 Å². The van der Waals surface area contributed by atoms with Crippen LogP contribution in [0.1, 0.15) is 29.8 Å². The second-order valence-electron chi connectivity index (χ2n) is 4.91. The molecule has 0 bridgehead atoms. The van der Waals surface area contributed by atoms with E-state index in [2.05, 4.69) is 47.4 Å². The van der Waals surface area contributed by atoms with Crippen molar-refractivity contribution in [3.63, 3.8) is 0 Å². The third kappa shape index (κ3) is 5.14. The first-order chi connectivity index (χ1) is 11.0. The van der Waals surface area contributed by atoms with Gasteiger partial charge in [-0.1, -0.05) is 15.9 Å². The number of aromatic nitrogens is 1. The number of halogens is 2. The number of ether oxygens (including phenoxy) is 1. The number of rotatable bonds is 5. The number of carbonyl (C=O) groups excluding carboxylic acids is 1. The molecular weight excluding hydrogens is 426 g/mol. The molecular formula is C16H15Br2N3O2. The van der Waals surface area contributed by atoms with Gasteiger partial charge in [-0.05, 0) is 54.0 Å². The number of hydrazone groups is 1. The first kappa shape index (κ1) is 17.6. The number of nitrogens with zero attached hydrogens (tertiary/aromatic N) is 2. The van der Waals surface area contributed by atoms with Crippen molar-refractivity contribution in [2.75, 3.05) is 0 Å². The Labute approximate surface area is 151 Å². The summed E-state index contributed by atoms with van der Waals surface area (Å²) in [6.45, 7) is 3.89. The second kappa shape index (κ2) is 8.21. The fourth-order valence-electron chi connectivity index (χ4n) is 1.76. The number of carbonyl (C=O) groups is 1. The van der Waals surface area contributed by atoms with E-state index < -0.39 is 0 Å². The molecule has 1 N–H and O–H groups in total. The molecule has 1 amide bonds. The van der Waals surface area contributed by atoms with E-state index in [1.807, 2.05) is 26.0 Å². The van der Waals surface area contributed by atoms with Gasteiger partial charge in [0.05, 0.1) is 22.4 Å². The molecule has 7 heteroatoms. The van der Waals surface area contributed by atoms with Crippen molar-refractivity contribution < 1.29 is 9.53 Å². The SMILES string of the molecule is CC(C)Oc1c(Br)cc(Br)cc1/C=N\NC(=O)c1cccnc1. The molecule has 0 aliphatic heterocycles. The first-order valence-electron chi connectivity index (χ1n) is 6.86. The van der Waals surface area contributed by atoms with E-state index in [4.69, 9.17) is 4.74 Å². The molecule has 0 atom stereocenters. The van der Waals surface area contributed by atoms with E-state index in [0.717, 1.165) is 14.5 Å². The van der Waals surface area contributed by atoms with Gasteiger partial charge in [0, 0.05) is 22.4 Å². The molecule has 2 aromatic rings. The summed E-state index contributed by atoms with van der Waals surface area (Å²) in [5.74, 6) is 0.345. The average molecular weight is 441 g/mol. The van der Waals surface area contributed by atoms with E-state index in [9.17, 15) is 4.79 Å². The van der Waals surface area contributed by atoms with Gasteiger partial charge >= 0.3 is 0 Å². The minimum absolute atomic E-state index is 0.0182. The Kier molecular flexibility index (Phi) is 6.29. The van der Waals surface area contributed by atoms with Crippen molar-refractivity contribution in [3.05, 3.63) is 56.7 Å². The van der Waals surface area contributed by atoms with Crippen LogP contribution in [0.5, 0.6) is 5.75 Å². The van der Waals surface area contributed by atoms with Crippen LogP contribution in [0.15, 0.2) is 50.7 Å². The Morgan fingerprint density at radius 3 is 2.83 bits per heavy atom. The van der Waals surface area contributed by atoms with Crippen LogP contribution in [0.25, 0.3) is 0 Å². The van der Waals surface area contributed by atoms with Crippen LogP contribution in [-0.2, 0) is 0 Å². The molecule has 0 aliphatic rings. The lowest BCUT2D eigenvalue weighted by Crippen LogP contribution is -2.17. The molecule has 1 aromatic carbocycles. The van der Waals surface area contributed by atoms with Gasteiger partial charge in [-0.15, -0.1) is 0 Å². The Balaban J connectivity index is 2.17. The van der Waals surface area contributed by atoms with E-state index in [1.54, 1.807) is 24.5 Å². The Morgan fingerprint density at radius 1 is 1.39 bits per heavy atom. The highest BCUT2D eigenvalue weighted by atomic mass is 79.9. The van der Waals surface area contributed by atoms with E-state index in [0.29, 0.717) is 11.3 Å². The van der Waals surface area contributed by atoms with Gasteiger partial charge in [-0.2, -0.15) is 5.10 Å². The lowest BCUT2D eigenvalue weighted by molar-refractivity contribution is 0.0954. The van der Waals surface area contributed by atoms with Gasteiger partial charge in [-0.25, -0.2) is 5.43 Å². The summed E-state index contributed by atoms with van der Waals surface area (Å²) in [5.41, 5.74) is 3.66. The lowest BCUT2D eigenvalue weighted by atomic mass is 10.2. The smallest absolute Gasteiger partial charge is 0.272 e. The van der Waals surface area contributed by atoms with E-state index in [-0.39, 0.29) is 12.0 Å². The number of amides is 1. The third-order valence-corrected chi connectivity index (χ3v) is 3.73. The molecule has 23 heavy (non-hydrogen) atoms. The average Bonchev–Trinajstić information content (AvgIpc) is 2.51. The first-order valence-corrected chi connectivity index (χ1v) is 8.45. The molecule has 0 saturated carbocycles. The standard InChI is InChI=1S/C16H15Br2N3O2/c1-10(2)23-15-12(6-13(17)7-14(15)18)9-20-21-16(22)11-4-3-5-19-8-11/h3-10H,1-2H3,(H,21,22)/b20-9-. The predicted molar refractivity (Wildman–Crippen MR) is 96.9 cm³/mol. The van der Waals surface area contributed by atoms with Crippen molar-refractivity contribution in [2.24, 2.45) is 5.10 Å². The van der Waals surface area contributed by atoms with Crippen molar-refractivity contribution in [1.29, 1.82) is 0 Å². The van der Waals surface area contributed by atoms with Crippen LogP contribution in [0.4, 0.5) is 0 Å². The van der Waals surface area contributed by atoms with Crippen molar-refractivity contribution in [2.45, 2.75) is 20.0 Å². The summed E-state index contributed by atoms with van der Waals surface area (Å²) in [6.07, 6.45) is 4.65. The molecule has 0 spiro atoms. The number of hydrogen-bond donors (Lipinski definition) is 1. The summed E-state index contributed by atoms with van der Waals surface area (Å²) in [6, 6.07) is 7.12. The topological polar surface area (TPSA) is 63.6 Å². The normalized spacial score (nSPS) is 11.0. The highest BCUT2D eigenvalue weighted by Gasteiger charge is 2.11. The quantitative estimate of drug-likeness (QED) is 0.560. The molecule has 0 radical (unpaired) electrons. The van der Waals surface area contributed by atoms with Gasteiger partial charge in [0.2, 0.25) is 0 Å². The Bertz CT molecular complexity index is 719. The molecule has 2 rings (SSSR count). The number of pyridine rings is 1. The van der Waals surface area contributed by atoms with Crippen molar-refractivity contribution in [3.8, 4) is 5.75 Å². The maximum atomic E-state index is 11.9. The van der Waals surface area contributed by atoms with Crippen LogP contribution in [0, 0.1) is 0 Å². The summed E-state index contributed by atoms with van der Waals surface area (Å²) < 4.78 is 7.47. The molecule has 0 saturated heterocycles. The second-order valence-corrected chi connectivity index (χ2v) is 6.68. The van der Waals surface area contributed by atoms with Gasteiger partial charge < -0.3 is 4.74 Å². The van der Waals surface area contributed by atoms with Crippen LogP contribution < -0.4 is 10.2 Å². The summed E-state index contributed by atoms with van der Waals surface area (Å²) in [4.78, 5) is 15.8. The molecule has 0 aliphatic carbocycles. The number of benzene rings is 1. The molecule has 120 valence electrons. The van der Waals surface area contributed by atoms with Crippen molar-refractivity contribution in [1.82, 2.24) is 10.4 Å². The van der Waals surface area contributed by atoms with Crippen LogP contribution in [-0.4, -0.2) is 23.2 Å². The minimum Gasteiger partial charge on any atom is -0.489 e. The predicted octanol–water partition coefficient (Wildman–Crippen LogP) is 4.16. The number of nitrogens with one attached hydrogen (secondary N) is 1. The monoisotopic (exact) mass is 439 g/mol. The summed E-state index contributed by atoms with van der Waals surface area (Å²) in [5, 5.41) is 3.99. The molecule has 1 aromatic heterocycles. The largest absolute Gasteiger partial charge is 0.489 e. The minimum atomic E-state index is -0.324. The van der Waals surface area contributed by atoms with Gasteiger partial charge in [-0.3, -0.25) is 9.78 Å². The van der Waals surface area contributed by atoms with E-state index in [1.165, 1.54) is 6.20 Å². The summed E-state index contributed by atoms with van der Waals surface area (Å²) in [7, 11) is 0. The fourth-order valence-corrected chi connectivity index (χ4v) is 3.11. The van der Waals surface area contributed by atoms with Gasteiger partial charge in [0.1, 0.15) is 5.75 Å². The Morgan fingerprint density at radius 2 is 2.17 bits per heavy atom. The third-order valence-electron chi connectivity index (χ3n) is 2.68. The van der Waals surface area contributed by atoms with Gasteiger partial charge in [0.15, 0.2) is 0 Å². The van der Waals surface area contributed by atoms with Gasteiger partial charge in [0.25, 0.3) is 5.91 Å². The molecule has 0 unspecified atom stereocenters. The zero-order valence-electron chi connectivity index (χ0n) is 12.6. The van der Waals surface area contributed by atoms with E-state index >= 15 is 0 Å².